The maximum atomic E-state index is 12.7. The van der Waals surface area contributed by atoms with Crippen LogP contribution in [0.4, 0.5) is 0 Å². The summed E-state index contributed by atoms with van der Waals surface area (Å²) in [5.41, 5.74) is 4.22. The van der Waals surface area contributed by atoms with Gasteiger partial charge >= 0.3 is 5.69 Å². The monoisotopic (exact) mass is 481 g/mol. The van der Waals surface area contributed by atoms with Crippen molar-refractivity contribution in [2.45, 2.75) is 31.7 Å². The van der Waals surface area contributed by atoms with Crippen LogP contribution in [-0.4, -0.2) is 29.3 Å². The first kappa shape index (κ1) is 21.3. The maximum Gasteiger partial charge on any atom is 0.326 e. The van der Waals surface area contributed by atoms with Gasteiger partial charge in [-0.1, -0.05) is 29.8 Å². The Morgan fingerprint density at radius 3 is 2.69 bits per heavy atom. The number of rotatable bonds is 4. The lowest BCUT2D eigenvalue weighted by molar-refractivity contribution is 0.254. The van der Waals surface area contributed by atoms with Gasteiger partial charge in [0.25, 0.3) is 0 Å². The van der Waals surface area contributed by atoms with Crippen molar-refractivity contribution in [1.82, 2.24) is 29.3 Å². The van der Waals surface area contributed by atoms with E-state index >= 15 is 0 Å². The Hall–Kier alpha value is -4.22. The standard InChI is InChI=1S/C26H20ClN7O/c1-15-5-4-7-20(29-15)25-32-31-24(34(25)22-8-3-2-6-19(22)27)17-12-18(13-17)33-23-10-9-16(14-28)11-21(23)30-26(33)35/h2-11,17-18H,12-13H2,1H3,(H,30,35). The Morgan fingerprint density at radius 2 is 1.91 bits per heavy atom. The molecule has 9 heteroatoms. The lowest BCUT2D eigenvalue weighted by Crippen LogP contribution is -2.32. The molecule has 0 bridgehead atoms. The van der Waals surface area contributed by atoms with Gasteiger partial charge in [0.2, 0.25) is 0 Å². The number of hydrogen-bond acceptors (Lipinski definition) is 5. The van der Waals surface area contributed by atoms with Gasteiger partial charge in [0, 0.05) is 17.7 Å². The van der Waals surface area contributed by atoms with E-state index in [9.17, 15) is 4.79 Å². The average molecular weight is 482 g/mol. The third-order valence-electron chi connectivity index (χ3n) is 6.59. The van der Waals surface area contributed by atoms with E-state index in [1.54, 1.807) is 16.7 Å². The SMILES string of the molecule is Cc1cccc(-c2nnc(C3CC(n4c(=O)[nH]c5cc(C#N)ccc54)C3)n2-c2ccccc2Cl)n1. The Morgan fingerprint density at radius 1 is 1.09 bits per heavy atom. The first-order valence-electron chi connectivity index (χ1n) is 11.3. The number of benzene rings is 2. The molecular weight excluding hydrogens is 462 g/mol. The Balaban J connectivity index is 1.39. The van der Waals surface area contributed by atoms with E-state index in [4.69, 9.17) is 16.9 Å². The molecule has 1 saturated carbocycles. The largest absolute Gasteiger partial charge is 0.326 e. The molecule has 5 aromatic rings. The number of aromatic amines is 1. The summed E-state index contributed by atoms with van der Waals surface area (Å²) in [5, 5.41) is 18.8. The minimum atomic E-state index is -0.171. The van der Waals surface area contributed by atoms with Crippen LogP contribution in [0.3, 0.4) is 0 Å². The predicted octanol–water partition coefficient (Wildman–Crippen LogP) is 4.92. The van der Waals surface area contributed by atoms with Crippen LogP contribution in [0.15, 0.2) is 65.5 Å². The van der Waals surface area contributed by atoms with E-state index in [0.29, 0.717) is 21.9 Å². The van der Waals surface area contributed by atoms with Crippen molar-refractivity contribution in [3.05, 3.63) is 93.3 Å². The first-order valence-corrected chi connectivity index (χ1v) is 11.7. The topological polar surface area (TPSA) is 105 Å². The number of nitriles is 1. The molecule has 8 nitrogen and oxygen atoms in total. The van der Waals surface area contributed by atoms with Crippen LogP contribution < -0.4 is 5.69 Å². The smallest absolute Gasteiger partial charge is 0.305 e. The molecule has 3 aromatic heterocycles. The summed E-state index contributed by atoms with van der Waals surface area (Å²) >= 11 is 6.60. The van der Waals surface area contributed by atoms with Gasteiger partial charge in [0.15, 0.2) is 5.82 Å². The highest BCUT2D eigenvalue weighted by atomic mass is 35.5. The van der Waals surface area contributed by atoms with Crippen LogP contribution in [0.1, 0.15) is 41.9 Å². The van der Waals surface area contributed by atoms with E-state index in [1.165, 1.54) is 0 Å². The van der Waals surface area contributed by atoms with Crippen LogP contribution in [-0.2, 0) is 0 Å². The van der Waals surface area contributed by atoms with Gasteiger partial charge in [-0.2, -0.15) is 5.26 Å². The minimum absolute atomic E-state index is 0.0196. The number of nitrogens with one attached hydrogen (secondary N) is 1. The molecule has 0 spiro atoms. The fourth-order valence-electron chi connectivity index (χ4n) is 4.84. The summed E-state index contributed by atoms with van der Waals surface area (Å²) in [6.45, 7) is 1.94. The molecule has 1 N–H and O–H groups in total. The zero-order chi connectivity index (χ0) is 24.1. The first-order chi connectivity index (χ1) is 17.0. The Bertz CT molecular complexity index is 1680. The number of pyridine rings is 1. The lowest BCUT2D eigenvalue weighted by atomic mass is 9.79. The molecule has 3 heterocycles. The number of hydrogen-bond donors (Lipinski definition) is 1. The van der Waals surface area contributed by atoms with Gasteiger partial charge in [-0.3, -0.25) is 9.13 Å². The lowest BCUT2D eigenvalue weighted by Gasteiger charge is -2.35. The molecule has 1 aliphatic rings. The van der Waals surface area contributed by atoms with Crippen LogP contribution >= 0.6 is 11.6 Å². The highest BCUT2D eigenvalue weighted by Gasteiger charge is 2.38. The fraction of sp³-hybridized carbons (Fsp3) is 0.192. The molecule has 172 valence electrons. The van der Waals surface area contributed by atoms with Gasteiger partial charge in [-0.05, 0) is 62.2 Å². The van der Waals surface area contributed by atoms with Crippen molar-refractivity contribution >= 4 is 22.6 Å². The second-order valence-electron chi connectivity index (χ2n) is 8.80. The molecule has 1 aliphatic carbocycles. The molecular formula is C26H20ClN7O. The highest BCUT2D eigenvalue weighted by molar-refractivity contribution is 6.32. The Kier molecular flexibility index (Phi) is 5.01. The highest BCUT2D eigenvalue weighted by Crippen LogP contribution is 2.46. The van der Waals surface area contributed by atoms with Gasteiger partial charge in [0.05, 0.1) is 33.4 Å². The van der Waals surface area contributed by atoms with E-state index in [-0.39, 0.29) is 17.6 Å². The number of imidazole rings is 1. The zero-order valence-electron chi connectivity index (χ0n) is 18.8. The van der Waals surface area contributed by atoms with Crippen LogP contribution in [0.5, 0.6) is 0 Å². The van der Waals surface area contributed by atoms with Gasteiger partial charge in [-0.25, -0.2) is 9.78 Å². The van der Waals surface area contributed by atoms with Gasteiger partial charge in [0.1, 0.15) is 11.5 Å². The second kappa shape index (κ2) is 8.22. The van der Waals surface area contributed by atoms with Crippen molar-refractivity contribution in [3.8, 4) is 23.3 Å². The van der Waals surface area contributed by atoms with Gasteiger partial charge in [-0.15, -0.1) is 10.2 Å². The van der Waals surface area contributed by atoms with Crippen molar-refractivity contribution in [2.24, 2.45) is 0 Å². The van der Waals surface area contributed by atoms with Crippen molar-refractivity contribution in [3.63, 3.8) is 0 Å². The van der Waals surface area contributed by atoms with Crippen molar-refractivity contribution in [1.29, 1.82) is 5.26 Å². The van der Waals surface area contributed by atoms with Crippen molar-refractivity contribution in [2.75, 3.05) is 0 Å². The number of fused-ring (bicyclic) bond motifs is 1. The van der Waals surface area contributed by atoms with E-state index < -0.39 is 0 Å². The molecule has 0 unspecified atom stereocenters. The summed E-state index contributed by atoms with van der Waals surface area (Å²) in [6.07, 6.45) is 1.47. The second-order valence-corrected chi connectivity index (χ2v) is 9.21. The summed E-state index contributed by atoms with van der Waals surface area (Å²) in [4.78, 5) is 20.3. The van der Waals surface area contributed by atoms with Crippen LogP contribution in [0.2, 0.25) is 5.02 Å². The van der Waals surface area contributed by atoms with E-state index in [2.05, 4.69) is 26.2 Å². The molecule has 0 atom stereocenters. The Labute approximate surface area is 205 Å². The summed E-state index contributed by atoms with van der Waals surface area (Å²) in [6, 6.07) is 20.8. The number of H-pyrrole nitrogens is 1. The molecule has 0 radical (unpaired) electrons. The molecule has 6 rings (SSSR count). The number of nitrogens with zero attached hydrogens (tertiary/aromatic N) is 6. The van der Waals surface area contributed by atoms with E-state index in [1.807, 2.05) is 60.0 Å². The summed E-state index contributed by atoms with van der Waals surface area (Å²) in [7, 11) is 0. The fourth-order valence-corrected chi connectivity index (χ4v) is 5.06. The van der Waals surface area contributed by atoms with Crippen LogP contribution in [0, 0.1) is 18.3 Å². The van der Waals surface area contributed by atoms with Gasteiger partial charge < -0.3 is 4.98 Å². The summed E-state index contributed by atoms with van der Waals surface area (Å²) < 4.78 is 3.77. The molecule has 0 aliphatic heterocycles. The zero-order valence-corrected chi connectivity index (χ0v) is 19.6. The number of para-hydroxylation sites is 1. The molecule has 2 aromatic carbocycles. The quantitative estimate of drug-likeness (QED) is 0.392. The summed E-state index contributed by atoms with van der Waals surface area (Å²) in [5.74, 6) is 1.53. The predicted molar refractivity (Wildman–Crippen MR) is 133 cm³/mol. The normalized spacial score (nSPS) is 17.3. The third-order valence-corrected chi connectivity index (χ3v) is 6.91. The molecule has 0 amide bonds. The van der Waals surface area contributed by atoms with Crippen molar-refractivity contribution < 1.29 is 0 Å². The molecule has 35 heavy (non-hydrogen) atoms. The average Bonchev–Trinajstić information content (AvgIpc) is 3.39. The van der Waals surface area contributed by atoms with Crippen LogP contribution in [0.25, 0.3) is 28.2 Å². The number of aryl methyl sites for hydroxylation is 1. The minimum Gasteiger partial charge on any atom is -0.305 e. The number of halogens is 1. The third kappa shape index (κ3) is 3.52. The molecule has 0 saturated heterocycles. The molecule has 1 fully saturated rings. The number of aromatic nitrogens is 6. The van der Waals surface area contributed by atoms with E-state index in [0.717, 1.165) is 41.3 Å². The maximum absolute atomic E-state index is 12.7.